The van der Waals surface area contributed by atoms with E-state index in [4.69, 9.17) is 11.6 Å². The molecule has 0 unspecified atom stereocenters. The number of hydrogen-bond acceptors (Lipinski definition) is 3. The lowest BCUT2D eigenvalue weighted by Gasteiger charge is -2.16. The molecule has 0 radical (unpaired) electrons. The number of amides is 1. The van der Waals surface area contributed by atoms with Crippen molar-refractivity contribution in [2.75, 3.05) is 7.05 Å². The van der Waals surface area contributed by atoms with Crippen LogP contribution in [-0.2, 0) is 6.54 Å². The Bertz CT molecular complexity index is 990. The summed E-state index contributed by atoms with van der Waals surface area (Å²) in [5.41, 5.74) is 2.75. The molecule has 0 aliphatic heterocycles. The first-order valence-corrected chi connectivity index (χ1v) is 7.83. The average Bonchev–Trinajstić information content (AvgIpc) is 2.87. The molecular weight excluding hydrogens is 328 g/mol. The van der Waals surface area contributed by atoms with E-state index < -0.39 is 0 Å². The molecule has 1 amide bonds. The van der Waals surface area contributed by atoms with E-state index in [1.165, 1.54) is 4.90 Å². The molecule has 2 aromatic heterocycles. The van der Waals surface area contributed by atoms with Gasteiger partial charge in [-0.25, -0.2) is 4.98 Å². The molecule has 0 aliphatic rings. The molecular formula is C17H17ClN4O2. The zero-order valence-electron chi connectivity index (χ0n) is 13.6. The minimum absolute atomic E-state index is 0.155. The molecule has 0 bridgehead atoms. The van der Waals surface area contributed by atoms with Crippen molar-refractivity contribution in [2.24, 2.45) is 0 Å². The molecule has 2 N–H and O–H groups in total. The minimum atomic E-state index is -0.374. The Morgan fingerprint density at radius 3 is 2.71 bits per heavy atom. The van der Waals surface area contributed by atoms with Crippen molar-refractivity contribution in [1.82, 2.24) is 19.9 Å². The van der Waals surface area contributed by atoms with Crippen LogP contribution < -0.4 is 5.56 Å². The summed E-state index contributed by atoms with van der Waals surface area (Å²) >= 11 is 5.96. The quantitative estimate of drug-likeness (QED) is 0.766. The first-order valence-electron chi connectivity index (χ1n) is 7.45. The van der Waals surface area contributed by atoms with Gasteiger partial charge in [0.25, 0.3) is 11.5 Å². The molecule has 3 rings (SSSR count). The van der Waals surface area contributed by atoms with Crippen molar-refractivity contribution in [1.29, 1.82) is 0 Å². The third-order valence-corrected chi connectivity index (χ3v) is 4.04. The van der Waals surface area contributed by atoms with Gasteiger partial charge in [0.15, 0.2) is 0 Å². The number of hydrogen-bond donors (Lipinski definition) is 2. The second kappa shape index (κ2) is 6.13. The van der Waals surface area contributed by atoms with Gasteiger partial charge in [-0.05, 0) is 43.7 Å². The Balaban J connectivity index is 1.87. The number of pyridine rings is 1. The zero-order chi connectivity index (χ0) is 17.4. The van der Waals surface area contributed by atoms with Gasteiger partial charge in [-0.2, -0.15) is 0 Å². The molecule has 7 heteroatoms. The lowest BCUT2D eigenvalue weighted by molar-refractivity contribution is 0.0779. The van der Waals surface area contributed by atoms with Crippen LogP contribution in [-0.4, -0.2) is 32.8 Å². The predicted octanol–water partition coefficient (Wildman–Crippen LogP) is 2.79. The zero-order valence-corrected chi connectivity index (χ0v) is 14.4. The Morgan fingerprint density at radius 1 is 1.25 bits per heavy atom. The highest BCUT2D eigenvalue weighted by molar-refractivity contribution is 6.31. The Kier molecular flexibility index (Phi) is 4.15. The normalized spacial score (nSPS) is 11.0. The Hall–Kier alpha value is -2.60. The number of benzene rings is 1. The first-order chi connectivity index (χ1) is 11.3. The second-order valence-electron chi connectivity index (χ2n) is 5.85. The van der Waals surface area contributed by atoms with E-state index in [9.17, 15) is 9.59 Å². The number of imidazole rings is 1. The van der Waals surface area contributed by atoms with E-state index in [0.717, 1.165) is 16.7 Å². The molecule has 1 aromatic carbocycles. The van der Waals surface area contributed by atoms with Gasteiger partial charge in [-0.15, -0.1) is 0 Å². The molecule has 2 heterocycles. The molecule has 24 heavy (non-hydrogen) atoms. The number of fused-ring (bicyclic) bond motifs is 1. The van der Waals surface area contributed by atoms with Crippen molar-refractivity contribution in [3.8, 4) is 0 Å². The van der Waals surface area contributed by atoms with Crippen LogP contribution in [0.3, 0.4) is 0 Å². The third kappa shape index (κ3) is 3.05. The van der Waals surface area contributed by atoms with Gasteiger partial charge in [0.2, 0.25) is 0 Å². The maximum Gasteiger partial charge on any atom is 0.261 e. The largest absolute Gasteiger partial charge is 0.340 e. The maximum absolute atomic E-state index is 12.6. The number of aromatic nitrogens is 3. The van der Waals surface area contributed by atoms with Crippen LogP contribution in [0.15, 0.2) is 29.1 Å². The predicted molar refractivity (Wildman–Crippen MR) is 93.4 cm³/mol. The van der Waals surface area contributed by atoms with Gasteiger partial charge in [-0.1, -0.05) is 11.6 Å². The molecule has 0 fully saturated rings. The summed E-state index contributed by atoms with van der Waals surface area (Å²) in [5, 5.41) is 0.615. The van der Waals surface area contributed by atoms with E-state index >= 15 is 0 Å². The van der Waals surface area contributed by atoms with Crippen LogP contribution in [0.5, 0.6) is 0 Å². The van der Waals surface area contributed by atoms with E-state index in [1.54, 1.807) is 39.1 Å². The second-order valence-corrected chi connectivity index (χ2v) is 6.28. The molecule has 6 nitrogen and oxygen atoms in total. The number of halogens is 1. The molecule has 0 atom stereocenters. The number of rotatable bonds is 3. The molecule has 124 valence electrons. The summed E-state index contributed by atoms with van der Waals surface area (Å²) in [5.74, 6) is 0.288. The van der Waals surface area contributed by atoms with Gasteiger partial charge >= 0.3 is 0 Å². The number of nitrogens with zero attached hydrogens (tertiary/aromatic N) is 2. The van der Waals surface area contributed by atoms with Crippen molar-refractivity contribution in [3.63, 3.8) is 0 Å². The SMILES string of the molecule is Cc1cc(C)c(C(=O)N(C)Cc2nc3ccc(Cl)cc3[nH]2)c(=O)[nH]1. The lowest BCUT2D eigenvalue weighted by atomic mass is 10.1. The van der Waals surface area contributed by atoms with Gasteiger partial charge in [0.05, 0.1) is 17.6 Å². The standard InChI is InChI=1S/C17H17ClN4O2/c1-9-6-10(2)19-16(23)15(9)17(24)22(3)8-14-20-12-5-4-11(18)7-13(12)21-14/h4-7H,8H2,1-3H3,(H,19,23)(H,20,21). The van der Waals surface area contributed by atoms with Gasteiger partial charge in [-0.3, -0.25) is 9.59 Å². The average molecular weight is 345 g/mol. The third-order valence-electron chi connectivity index (χ3n) is 3.81. The van der Waals surface area contributed by atoms with E-state index in [2.05, 4.69) is 15.0 Å². The highest BCUT2D eigenvalue weighted by Gasteiger charge is 2.19. The number of aryl methyl sites for hydroxylation is 2. The molecule has 3 aromatic rings. The highest BCUT2D eigenvalue weighted by Crippen LogP contribution is 2.18. The Morgan fingerprint density at radius 2 is 2.00 bits per heavy atom. The van der Waals surface area contributed by atoms with Crippen molar-refractivity contribution >= 4 is 28.5 Å². The summed E-state index contributed by atoms with van der Waals surface area (Å²) < 4.78 is 0. The molecule has 0 saturated heterocycles. The fourth-order valence-electron chi connectivity index (χ4n) is 2.72. The number of H-pyrrole nitrogens is 2. The minimum Gasteiger partial charge on any atom is -0.340 e. The van der Waals surface area contributed by atoms with Crippen LogP contribution in [0.2, 0.25) is 5.02 Å². The van der Waals surface area contributed by atoms with E-state index in [0.29, 0.717) is 16.4 Å². The lowest BCUT2D eigenvalue weighted by Crippen LogP contribution is -2.32. The van der Waals surface area contributed by atoms with Crippen LogP contribution >= 0.6 is 11.6 Å². The fraction of sp³-hybridized carbons (Fsp3) is 0.235. The fourth-order valence-corrected chi connectivity index (χ4v) is 2.89. The van der Waals surface area contributed by atoms with E-state index in [-0.39, 0.29) is 23.6 Å². The summed E-state index contributed by atoms with van der Waals surface area (Å²) in [4.78, 5) is 36.4. The summed E-state index contributed by atoms with van der Waals surface area (Å²) in [7, 11) is 1.64. The number of nitrogens with one attached hydrogen (secondary N) is 2. The van der Waals surface area contributed by atoms with Crippen molar-refractivity contribution in [3.05, 3.63) is 62.3 Å². The maximum atomic E-state index is 12.6. The molecule has 0 aliphatic carbocycles. The molecule has 0 spiro atoms. The topological polar surface area (TPSA) is 81.8 Å². The highest BCUT2D eigenvalue weighted by atomic mass is 35.5. The van der Waals surface area contributed by atoms with Crippen LogP contribution in [0, 0.1) is 13.8 Å². The first kappa shape index (κ1) is 16.3. The van der Waals surface area contributed by atoms with Crippen LogP contribution in [0.1, 0.15) is 27.4 Å². The van der Waals surface area contributed by atoms with E-state index in [1.807, 2.05) is 6.07 Å². The summed E-state index contributed by atoms with van der Waals surface area (Å²) in [6.07, 6.45) is 0. The monoisotopic (exact) mass is 344 g/mol. The number of carbonyl (C=O) groups is 1. The smallest absolute Gasteiger partial charge is 0.261 e. The van der Waals surface area contributed by atoms with Gasteiger partial charge < -0.3 is 14.9 Å². The summed E-state index contributed by atoms with van der Waals surface area (Å²) in [6, 6.07) is 7.14. The number of aromatic amines is 2. The van der Waals surface area contributed by atoms with Crippen LogP contribution in [0.4, 0.5) is 0 Å². The van der Waals surface area contributed by atoms with Crippen molar-refractivity contribution in [2.45, 2.75) is 20.4 Å². The molecule has 0 saturated carbocycles. The van der Waals surface area contributed by atoms with Gasteiger partial charge in [0, 0.05) is 17.8 Å². The Labute approximate surface area is 143 Å². The van der Waals surface area contributed by atoms with Crippen LogP contribution in [0.25, 0.3) is 11.0 Å². The van der Waals surface area contributed by atoms with Crippen molar-refractivity contribution < 1.29 is 4.79 Å². The summed E-state index contributed by atoms with van der Waals surface area (Å²) in [6.45, 7) is 3.80. The van der Waals surface area contributed by atoms with Gasteiger partial charge in [0.1, 0.15) is 11.4 Å². The number of carbonyl (C=O) groups excluding carboxylic acids is 1.